The zero-order valence-electron chi connectivity index (χ0n) is 8.17. The van der Waals surface area contributed by atoms with Crippen molar-refractivity contribution in [3.05, 3.63) is 33.8 Å². The van der Waals surface area contributed by atoms with E-state index in [4.69, 9.17) is 28.9 Å². The summed E-state index contributed by atoms with van der Waals surface area (Å²) in [6.45, 7) is 0. The summed E-state index contributed by atoms with van der Waals surface area (Å²) in [4.78, 5) is 11.0. The quantitative estimate of drug-likeness (QED) is 0.836. The van der Waals surface area contributed by atoms with Crippen molar-refractivity contribution in [3.63, 3.8) is 0 Å². The molecule has 2 N–H and O–H groups in total. The lowest BCUT2D eigenvalue weighted by molar-refractivity contribution is -0.141. The Balaban J connectivity index is 2.90. The van der Waals surface area contributed by atoms with E-state index in [9.17, 15) is 4.79 Å². The number of nitrogens with two attached hydrogens (primary N) is 1. The Morgan fingerprint density at radius 1 is 1.47 bits per heavy atom. The van der Waals surface area contributed by atoms with Crippen LogP contribution in [0.5, 0.6) is 0 Å². The molecule has 0 aliphatic heterocycles. The van der Waals surface area contributed by atoms with Gasteiger partial charge in [-0.1, -0.05) is 29.3 Å². The third-order valence-corrected chi connectivity index (χ3v) is 2.64. The first-order valence-corrected chi connectivity index (χ1v) is 5.08. The molecule has 82 valence electrons. The number of hydrogen-bond donors (Lipinski definition) is 1. The summed E-state index contributed by atoms with van der Waals surface area (Å²) in [5.41, 5.74) is 6.38. The molecule has 15 heavy (non-hydrogen) atoms. The Labute approximate surface area is 98.1 Å². The van der Waals surface area contributed by atoms with Crippen LogP contribution in [0.4, 0.5) is 0 Å². The third-order valence-electron chi connectivity index (χ3n) is 1.98. The molecule has 0 unspecified atom stereocenters. The Morgan fingerprint density at radius 2 is 2.00 bits per heavy atom. The van der Waals surface area contributed by atoms with E-state index in [2.05, 4.69) is 4.74 Å². The second kappa shape index (κ2) is 5.35. The molecule has 0 amide bonds. The molecule has 0 saturated carbocycles. The average Bonchev–Trinajstić information content (AvgIpc) is 2.17. The maximum atomic E-state index is 11.0. The van der Waals surface area contributed by atoms with Crippen molar-refractivity contribution in [1.82, 2.24) is 0 Å². The number of benzene rings is 1. The lowest BCUT2D eigenvalue weighted by Gasteiger charge is -2.13. The minimum absolute atomic E-state index is 0.0555. The van der Waals surface area contributed by atoms with E-state index >= 15 is 0 Å². The zero-order valence-corrected chi connectivity index (χ0v) is 9.68. The third kappa shape index (κ3) is 3.09. The van der Waals surface area contributed by atoms with E-state index in [1.54, 1.807) is 18.2 Å². The minimum atomic E-state index is -0.543. The second-order valence-electron chi connectivity index (χ2n) is 3.02. The van der Waals surface area contributed by atoms with Crippen molar-refractivity contribution in [3.8, 4) is 0 Å². The highest BCUT2D eigenvalue weighted by atomic mass is 35.5. The SMILES string of the molecule is COC(=O)C[C@H](N)c1c(Cl)cccc1Cl. The van der Waals surface area contributed by atoms with Crippen LogP contribution in [0, 0.1) is 0 Å². The molecule has 3 nitrogen and oxygen atoms in total. The lowest BCUT2D eigenvalue weighted by Crippen LogP contribution is -2.17. The van der Waals surface area contributed by atoms with Crippen molar-refractivity contribution in [2.45, 2.75) is 12.5 Å². The van der Waals surface area contributed by atoms with Gasteiger partial charge >= 0.3 is 5.97 Å². The topological polar surface area (TPSA) is 52.3 Å². The molecule has 1 aromatic rings. The highest BCUT2D eigenvalue weighted by molar-refractivity contribution is 6.36. The van der Waals surface area contributed by atoms with E-state index in [-0.39, 0.29) is 6.42 Å². The molecule has 0 spiro atoms. The van der Waals surface area contributed by atoms with Crippen LogP contribution in [0.25, 0.3) is 0 Å². The zero-order chi connectivity index (χ0) is 11.4. The summed E-state index contributed by atoms with van der Waals surface area (Å²) < 4.78 is 4.52. The van der Waals surface area contributed by atoms with E-state index in [1.165, 1.54) is 7.11 Å². The van der Waals surface area contributed by atoms with Crippen LogP contribution >= 0.6 is 23.2 Å². The highest BCUT2D eigenvalue weighted by Crippen LogP contribution is 2.30. The normalized spacial score (nSPS) is 12.3. The minimum Gasteiger partial charge on any atom is -0.469 e. The van der Waals surface area contributed by atoms with Crippen LogP contribution in [0.1, 0.15) is 18.0 Å². The standard InChI is InChI=1S/C10H11Cl2NO2/c1-15-9(14)5-8(13)10-6(11)3-2-4-7(10)12/h2-4,8H,5,13H2,1H3/t8-/m0/s1. The van der Waals surface area contributed by atoms with Gasteiger partial charge in [0.2, 0.25) is 0 Å². The largest absolute Gasteiger partial charge is 0.469 e. The molecule has 0 bridgehead atoms. The van der Waals surface area contributed by atoms with Crippen molar-refractivity contribution in [2.24, 2.45) is 5.73 Å². The average molecular weight is 248 g/mol. The van der Waals surface area contributed by atoms with E-state index in [1.807, 2.05) is 0 Å². The molecule has 1 atom stereocenters. The number of rotatable bonds is 3. The first-order chi connectivity index (χ1) is 7.06. The van der Waals surface area contributed by atoms with E-state index in [0.717, 1.165) is 0 Å². The van der Waals surface area contributed by atoms with Gasteiger partial charge < -0.3 is 10.5 Å². The molecule has 0 aromatic heterocycles. The fraction of sp³-hybridized carbons (Fsp3) is 0.300. The van der Waals surface area contributed by atoms with Crippen molar-refractivity contribution in [1.29, 1.82) is 0 Å². The van der Waals surface area contributed by atoms with Gasteiger partial charge in [-0.2, -0.15) is 0 Å². The van der Waals surface area contributed by atoms with Crippen LogP contribution in [0.3, 0.4) is 0 Å². The lowest BCUT2D eigenvalue weighted by atomic mass is 10.0. The van der Waals surface area contributed by atoms with Gasteiger partial charge in [0.15, 0.2) is 0 Å². The Kier molecular flexibility index (Phi) is 4.39. The van der Waals surface area contributed by atoms with Crippen LogP contribution in [-0.2, 0) is 9.53 Å². The second-order valence-corrected chi connectivity index (χ2v) is 3.84. The molecule has 1 aromatic carbocycles. The fourth-order valence-electron chi connectivity index (χ4n) is 1.23. The van der Waals surface area contributed by atoms with Gasteiger partial charge in [-0.15, -0.1) is 0 Å². The van der Waals surface area contributed by atoms with E-state index < -0.39 is 12.0 Å². The van der Waals surface area contributed by atoms with Crippen LogP contribution < -0.4 is 5.73 Å². The van der Waals surface area contributed by atoms with Crippen LogP contribution in [0.15, 0.2) is 18.2 Å². The fourth-order valence-corrected chi connectivity index (χ4v) is 1.91. The number of esters is 1. The predicted molar refractivity (Wildman–Crippen MR) is 60.0 cm³/mol. The number of hydrogen-bond acceptors (Lipinski definition) is 3. The smallest absolute Gasteiger partial charge is 0.307 e. The van der Waals surface area contributed by atoms with Crippen molar-refractivity contribution in [2.75, 3.05) is 7.11 Å². The summed E-state index contributed by atoms with van der Waals surface area (Å²) in [7, 11) is 1.31. The summed E-state index contributed by atoms with van der Waals surface area (Å²) in [6, 6.07) is 4.54. The molecular formula is C10H11Cl2NO2. The number of ether oxygens (including phenoxy) is 1. The number of halogens is 2. The van der Waals surface area contributed by atoms with Gasteiger partial charge in [-0.05, 0) is 12.1 Å². The van der Waals surface area contributed by atoms with Gasteiger partial charge in [-0.3, -0.25) is 4.79 Å². The molecule has 0 aliphatic rings. The summed E-state index contributed by atoms with van der Waals surface area (Å²) in [6.07, 6.45) is 0.0555. The molecule has 0 fully saturated rings. The van der Waals surface area contributed by atoms with E-state index in [0.29, 0.717) is 15.6 Å². The predicted octanol–water partition coefficient (Wildman–Crippen LogP) is 2.56. The number of methoxy groups -OCH3 is 1. The molecule has 0 aliphatic carbocycles. The summed E-state index contributed by atoms with van der Waals surface area (Å²) in [5.74, 6) is -0.390. The highest BCUT2D eigenvalue weighted by Gasteiger charge is 2.17. The Bertz CT molecular complexity index is 348. The molecule has 0 radical (unpaired) electrons. The van der Waals surface area contributed by atoms with Gasteiger partial charge in [0.1, 0.15) is 0 Å². The van der Waals surface area contributed by atoms with Crippen molar-refractivity contribution < 1.29 is 9.53 Å². The Morgan fingerprint density at radius 3 is 2.47 bits per heavy atom. The molecule has 0 heterocycles. The van der Waals surface area contributed by atoms with Gasteiger partial charge in [0.25, 0.3) is 0 Å². The molecule has 0 saturated heterocycles. The molecule has 1 rings (SSSR count). The summed E-state index contributed by atoms with van der Waals surface area (Å²) in [5, 5.41) is 0.915. The van der Waals surface area contributed by atoms with Crippen molar-refractivity contribution >= 4 is 29.2 Å². The number of carbonyl (C=O) groups excluding carboxylic acids is 1. The van der Waals surface area contributed by atoms with Crippen LogP contribution in [-0.4, -0.2) is 13.1 Å². The summed E-state index contributed by atoms with van der Waals surface area (Å²) >= 11 is 11.9. The maximum Gasteiger partial charge on any atom is 0.307 e. The molecule has 5 heteroatoms. The Hall–Kier alpha value is -0.770. The van der Waals surface area contributed by atoms with Gasteiger partial charge in [0.05, 0.1) is 13.5 Å². The first-order valence-electron chi connectivity index (χ1n) is 4.32. The van der Waals surface area contributed by atoms with Gasteiger partial charge in [-0.25, -0.2) is 0 Å². The first kappa shape index (κ1) is 12.3. The number of carbonyl (C=O) groups is 1. The molecular weight excluding hydrogens is 237 g/mol. The van der Waals surface area contributed by atoms with Gasteiger partial charge in [0, 0.05) is 21.7 Å². The monoisotopic (exact) mass is 247 g/mol. The van der Waals surface area contributed by atoms with Crippen LogP contribution in [0.2, 0.25) is 10.0 Å². The maximum absolute atomic E-state index is 11.0.